The van der Waals surface area contributed by atoms with E-state index in [2.05, 4.69) is 233 Å². The zero-order chi connectivity index (χ0) is 46.1. The lowest BCUT2D eigenvalue weighted by Gasteiger charge is -2.12. The zero-order valence-electron chi connectivity index (χ0n) is 37.8. The molecule has 0 fully saturated rings. The predicted octanol–water partition coefficient (Wildman–Crippen LogP) is 16.1. The summed E-state index contributed by atoms with van der Waals surface area (Å²) >= 11 is 0. The van der Waals surface area contributed by atoms with Gasteiger partial charge in [-0.3, -0.25) is 4.98 Å². The number of benzene rings is 10. The van der Waals surface area contributed by atoms with Crippen LogP contribution in [0.4, 0.5) is 0 Å². The van der Waals surface area contributed by atoms with Crippen LogP contribution >= 0.6 is 0 Å². The first kappa shape index (κ1) is 39.6. The van der Waals surface area contributed by atoms with Crippen LogP contribution in [0.2, 0.25) is 0 Å². The molecule has 0 unspecified atom stereocenters. The van der Waals surface area contributed by atoms with Crippen molar-refractivity contribution in [1.29, 1.82) is 0 Å². The average molecular weight is 893 g/mol. The highest BCUT2D eigenvalue weighted by Gasteiger charge is 2.18. The molecular formula is C64H40N6. The molecule has 0 saturated heterocycles. The molecule has 14 aromatic rings. The highest BCUT2D eigenvalue weighted by molar-refractivity contribution is 6.19. The van der Waals surface area contributed by atoms with Crippen LogP contribution in [0.5, 0.6) is 0 Å². The van der Waals surface area contributed by atoms with Gasteiger partial charge in [0.25, 0.3) is 0 Å². The summed E-state index contributed by atoms with van der Waals surface area (Å²) < 4.78 is 4.80. The topological polar surface area (TPSA) is 61.4 Å². The van der Waals surface area contributed by atoms with Crippen molar-refractivity contribution >= 4 is 65.2 Å². The number of fused-ring (bicyclic) bond motifs is 10. The number of nitrogens with zero attached hydrogens (tertiary/aromatic N) is 6. The Morgan fingerprint density at radius 1 is 0.257 bits per heavy atom. The van der Waals surface area contributed by atoms with E-state index < -0.39 is 0 Å². The van der Waals surface area contributed by atoms with Crippen molar-refractivity contribution in [2.45, 2.75) is 0 Å². The van der Waals surface area contributed by atoms with Gasteiger partial charge >= 0.3 is 0 Å². The van der Waals surface area contributed by atoms with Crippen LogP contribution in [-0.2, 0) is 0 Å². The Labute approximate surface area is 403 Å². The van der Waals surface area contributed by atoms with E-state index in [0.29, 0.717) is 17.5 Å². The largest absolute Gasteiger partial charge is 0.309 e. The summed E-state index contributed by atoms with van der Waals surface area (Å²) in [5.41, 5.74) is 14.2. The minimum Gasteiger partial charge on any atom is -0.309 e. The molecule has 0 N–H and O–H groups in total. The summed E-state index contributed by atoms with van der Waals surface area (Å²) in [6.07, 6.45) is 3.56. The van der Waals surface area contributed by atoms with Crippen molar-refractivity contribution in [2.75, 3.05) is 0 Å². The Hall–Kier alpha value is -9.52. The number of para-hydroxylation sites is 2. The van der Waals surface area contributed by atoms with Gasteiger partial charge in [-0.15, -0.1) is 0 Å². The van der Waals surface area contributed by atoms with Crippen molar-refractivity contribution in [1.82, 2.24) is 29.1 Å². The van der Waals surface area contributed by atoms with Crippen molar-refractivity contribution in [3.63, 3.8) is 0 Å². The van der Waals surface area contributed by atoms with Gasteiger partial charge in [-0.25, -0.2) is 15.0 Å². The highest BCUT2D eigenvalue weighted by atomic mass is 15.0. The lowest BCUT2D eigenvalue weighted by atomic mass is 10.0. The molecule has 0 spiro atoms. The fraction of sp³-hybridized carbons (Fsp3) is 0. The molecular weight excluding hydrogens is 853 g/mol. The van der Waals surface area contributed by atoms with Crippen LogP contribution in [-0.4, -0.2) is 29.1 Å². The predicted molar refractivity (Wildman–Crippen MR) is 288 cm³/mol. The number of hydrogen-bond donors (Lipinski definition) is 0. The van der Waals surface area contributed by atoms with Gasteiger partial charge in [0, 0.05) is 72.8 Å². The number of aromatic nitrogens is 6. The maximum Gasteiger partial charge on any atom is 0.165 e. The maximum absolute atomic E-state index is 5.08. The fourth-order valence-electron chi connectivity index (χ4n) is 10.5. The van der Waals surface area contributed by atoms with Crippen LogP contribution in [0.3, 0.4) is 0 Å². The van der Waals surface area contributed by atoms with Gasteiger partial charge in [-0.05, 0) is 81.6 Å². The van der Waals surface area contributed by atoms with E-state index in [4.69, 9.17) is 15.0 Å². The van der Waals surface area contributed by atoms with Crippen LogP contribution in [0.1, 0.15) is 0 Å². The Morgan fingerprint density at radius 2 is 0.629 bits per heavy atom. The molecule has 0 aliphatic rings. The normalized spacial score (nSPS) is 11.7. The first-order valence-corrected chi connectivity index (χ1v) is 23.6. The van der Waals surface area contributed by atoms with Gasteiger partial charge in [0.05, 0.1) is 22.1 Å². The second-order valence-electron chi connectivity index (χ2n) is 17.9. The SMILES string of the molecule is c1cncc(-c2nc(-c3ccc(-c4ccc(-n5c6ccccc6c6ccc7ccccc7c65)cc4)cc3)nc(-c3ccc(-c4ccc(-n5c6ccccc6c6ccc7ccccc7c65)cc4)cc3)n2)c1. The average Bonchev–Trinajstić information content (AvgIpc) is 3.97. The molecule has 0 amide bonds. The summed E-state index contributed by atoms with van der Waals surface area (Å²) in [7, 11) is 0. The summed E-state index contributed by atoms with van der Waals surface area (Å²) in [6.45, 7) is 0. The lowest BCUT2D eigenvalue weighted by molar-refractivity contribution is 1.07. The van der Waals surface area contributed by atoms with Crippen LogP contribution in [0, 0.1) is 0 Å². The summed E-state index contributed by atoms with van der Waals surface area (Å²) in [4.78, 5) is 19.5. The Bertz CT molecular complexity index is 4050. The molecule has 6 nitrogen and oxygen atoms in total. The van der Waals surface area contributed by atoms with Crippen molar-refractivity contribution < 1.29 is 0 Å². The molecule has 0 aliphatic carbocycles. The second kappa shape index (κ2) is 16.1. The summed E-state index contributed by atoms with van der Waals surface area (Å²) in [5, 5.41) is 9.96. The lowest BCUT2D eigenvalue weighted by Crippen LogP contribution is -2.00. The van der Waals surface area contributed by atoms with E-state index >= 15 is 0 Å². The molecule has 0 radical (unpaired) electrons. The van der Waals surface area contributed by atoms with Crippen LogP contribution < -0.4 is 0 Å². The molecule has 0 saturated carbocycles. The quantitative estimate of drug-likeness (QED) is 0.160. The van der Waals surface area contributed by atoms with Crippen molar-refractivity contribution in [3.05, 3.63) is 243 Å². The van der Waals surface area contributed by atoms with E-state index in [9.17, 15) is 0 Å². The Balaban J connectivity index is 0.775. The van der Waals surface area contributed by atoms with E-state index in [0.717, 1.165) is 50.3 Å². The van der Waals surface area contributed by atoms with Gasteiger partial charge in [0.15, 0.2) is 17.5 Å². The van der Waals surface area contributed by atoms with Crippen molar-refractivity contribution in [2.24, 2.45) is 0 Å². The standard InChI is InChI=1S/C64H40N6/c1-3-13-52-45(10-1)31-37-56-54-15-5-7-17-58(54)69(60(52)56)50-33-27-43(28-34-50)41-19-23-47(24-20-41)62-66-63(68-64(67-62)49-12-9-39-65-40-49)48-25-21-42(22-26-48)44-29-35-51(36-30-44)70-59-18-8-6-16-55(59)57-38-32-46-11-2-4-14-53(46)61(57)70/h1-40H. The molecule has 14 rings (SSSR count). The molecule has 0 atom stereocenters. The minimum atomic E-state index is 0.572. The van der Waals surface area contributed by atoms with Gasteiger partial charge in [0.2, 0.25) is 0 Å². The summed E-state index contributed by atoms with van der Waals surface area (Å²) in [5.74, 6) is 1.77. The number of rotatable bonds is 7. The second-order valence-corrected chi connectivity index (χ2v) is 17.9. The highest BCUT2D eigenvalue weighted by Crippen LogP contribution is 2.39. The van der Waals surface area contributed by atoms with E-state index in [1.165, 1.54) is 65.2 Å². The van der Waals surface area contributed by atoms with Crippen molar-refractivity contribution in [3.8, 4) is 67.8 Å². The molecule has 326 valence electrons. The van der Waals surface area contributed by atoms with Gasteiger partial charge in [-0.2, -0.15) is 0 Å². The van der Waals surface area contributed by atoms with Gasteiger partial charge in [-0.1, -0.05) is 182 Å². The number of pyridine rings is 1. The fourth-order valence-corrected chi connectivity index (χ4v) is 10.5. The molecule has 0 aliphatic heterocycles. The molecule has 4 heterocycles. The number of hydrogen-bond acceptors (Lipinski definition) is 4. The third kappa shape index (κ3) is 6.49. The summed E-state index contributed by atoms with van der Waals surface area (Å²) in [6, 6.07) is 82.3. The monoisotopic (exact) mass is 892 g/mol. The third-order valence-corrected chi connectivity index (χ3v) is 13.9. The van der Waals surface area contributed by atoms with E-state index in [1.54, 1.807) is 12.4 Å². The Morgan fingerprint density at radius 3 is 1.06 bits per heavy atom. The van der Waals surface area contributed by atoms with Gasteiger partial charge < -0.3 is 9.13 Å². The third-order valence-electron chi connectivity index (χ3n) is 13.9. The first-order chi connectivity index (χ1) is 34.7. The molecule has 70 heavy (non-hydrogen) atoms. The minimum absolute atomic E-state index is 0.572. The first-order valence-electron chi connectivity index (χ1n) is 23.6. The molecule has 10 aromatic carbocycles. The van der Waals surface area contributed by atoms with Crippen LogP contribution in [0.25, 0.3) is 133 Å². The Kier molecular flexibility index (Phi) is 9.10. The molecule has 0 bridgehead atoms. The zero-order valence-corrected chi connectivity index (χ0v) is 37.8. The van der Waals surface area contributed by atoms with Gasteiger partial charge in [0.1, 0.15) is 0 Å². The molecule has 6 heteroatoms. The smallest absolute Gasteiger partial charge is 0.165 e. The van der Waals surface area contributed by atoms with E-state index in [1.807, 2.05) is 12.1 Å². The van der Waals surface area contributed by atoms with E-state index in [-0.39, 0.29) is 0 Å². The molecule has 4 aromatic heterocycles. The maximum atomic E-state index is 5.08. The van der Waals surface area contributed by atoms with Crippen LogP contribution in [0.15, 0.2) is 243 Å².